The molecule has 0 aliphatic carbocycles. The van der Waals surface area contributed by atoms with E-state index in [1.54, 1.807) is 0 Å². The predicted molar refractivity (Wildman–Crippen MR) is 76.2 cm³/mol. The molecule has 5 heteroatoms. The van der Waals surface area contributed by atoms with Gasteiger partial charge in [0.2, 0.25) is 0 Å². The zero-order valence-corrected chi connectivity index (χ0v) is 12.5. The SMILES string of the molecule is CCn1cc(CN2CCC[C@@H](C3(C)OCCO3)C2)cn1. The first-order chi connectivity index (χ1) is 9.69. The summed E-state index contributed by atoms with van der Waals surface area (Å²) >= 11 is 0. The van der Waals surface area contributed by atoms with Crippen molar-refractivity contribution in [2.75, 3.05) is 26.3 Å². The minimum absolute atomic E-state index is 0.369. The number of hydrogen-bond acceptors (Lipinski definition) is 4. The van der Waals surface area contributed by atoms with E-state index in [2.05, 4.69) is 30.0 Å². The third kappa shape index (κ3) is 2.90. The third-order valence-electron chi connectivity index (χ3n) is 4.52. The second-order valence-corrected chi connectivity index (χ2v) is 5.99. The van der Waals surface area contributed by atoms with Crippen molar-refractivity contribution < 1.29 is 9.47 Å². The average molecular weight is 279 g/mol. The summed E-state index contributed by atoms with van der Waals surface area (Å²) in [7, 11) is 0. The van der Waals surface area contributed by atoms with E-state index in [1.807, 2.05) is 10.9 Å². The Hall–Kier alpha value is -0.910. The van der Waals surface area contributed by atoms with Gasteiger partial charge in [-0.3, -0.25) is 9.58 Å². The molecule has 2 fully saturated rings. The molecule has 0 spiro atoms. The lowest BCUT2D eigenvalue weighted by Crippen LogP contribution is -2.46. The predicted octanol–water partition coefficient (Wildman–Crippen LogP) is 1.88. The number of nitrogens with zero attached hydrogens (tertiary/aromatic N) is 3. The highest BCUT2D eigenvalue weighted by Gasteiger charge is 2.41. The lowest BCUT2D eigenvalue weighted by Gasteiger charge is -2.39. The van der Waals surface area contributed by atoms with Gasteiger partial charge in [0.1, 0.15) is 0 Å². The Morgan fingerprint density at radius 2 is 2.20 bits per heavy atom. The maximum Gasteiger partial charge on any atom is 0.169 e. The van der Waals surface area contributed by atoms with Crippen LogP contribution in [-0.2, 0) is 22.6 Å². The maximum absolute atomic E-state index is 5.83. The molecule has 5 nitrogen and oxygen atoms in total. The number of ether oxygens (including phenoxy) is 2. The van der Waals surface area contributed by atoms with Gasteiger partial charge < -0.3 is 9.47 Å². The molecule has 1 aromatic rings. The van der Waals surface area contributed by atoms with Crippen LogP contribution in [-0.4, -0.2) is 46.8 Å². The van der Waals surface area contributed by atoms with Crippen LogP contribution < -0.4 is 0 Å². The molecular weight excluding hydrogens is 254 g/mol. The fraction of sp³-hybridized carbons (Fsp3) is 0.800. The second-order valence-electron chi connectivity index (χ2n) is 5.99. The van der Waals surface area contributed by atoms with Crippen molar-refractivity contribution in [1.29, 1.82) is 0 Å². The molecule has 2 aliphatic rings. The maximum atomic E-state index is 5.83. The van der Waals surface area contributed by atoms with Crippen LogP contribution >= 0.6 is 0 Å². The molecule has 0 N–H and O–H groups in total. The van der Waals surface area contributed by atoms with Gasteiger partial charge >= 0.3 is 0 Å². The third-order valence-corrected chi connectivity index (χ3v) is 4.52. The zero-order chi connectivity index (χ0) is 14.0. The number of likely N-dealkylation sites (tertiary alicyclic amines) is 1. The first-order valence-electron chi connectivity index (χ1n) is 7.71. The molecule has 2 saturated heterocycles. The number of rotatable bonds is 4. The van der Waals surface area contributed by atoms with Crippen LogP contribution in [0.3, 0.4) is 0 Å². The Morgan fingerprint density at radius 3 is 2.90 bits per heavy atom. The van der Waals surface area contributed by atoms with E-state index in [0.29, 0.717) is 5.92 Å². The van der Waals surface area contributed by atoms with Gasteiger partial charge in [-0.05, 0) is 33.2 Å². The molecule has 3 heterocycles. The number of piperidine rings is 1. The van der Waals surface area contributed by atoms with Gasteiger partial charge in [-0.15, -0.1) is 0 Å². The lowest BCUT2D eigenvalue weighted by molar-refractivity contribution is -0.192. The van der Waals surface area contributed by atoms with Crippen LogP contribution in [0.5, 0.6) is 0 Å². The van der Waals surface area contributed by atoms with Crippen molar-refractivity contribution in [3.8, 4) is 0 Å². The highest BCUT2D eigenvalue weighted by Crippen LogP contribution is 2.34. The van der Waals surface area contributed by atoms with Gasteiger partial charge in [0.25, 0.3) is 0 Å². The summed E-state index contributed by atoms with van der Waals surface area (Å²) in [5.41, 5.74) is 1.30. The average Bonchev–Trinajstić information content (AvgIpc) is 3.09. The summed E-state index contributed by atoms with van der Waals surface area (Å²) < 4.78 is 13.7. The Kier molecular flexibility index (Phi) is 4.10. The molecule has 0 unspecified atom stereocenters. The second kappa shape index (κ2) is 5.84. The molecule has 3 rings (SSSR count). The number of aryl methyl sites for hydroxylation is 1. The number of aromatic nitrogens is 2. The zero-order valence-electron chi connectivity index (χ0n) is 12.5. The van der Waals surface area contributed by atoms with Crippen molar-refractivity contribution in [2.24, 2.45) is 5.92 Å². The highest BCUT2D eigenvalue weighted by molar-refractivity contribution is 5.04. The van der Waals surface area contributed by atoms with Crippen LogP contribution in [0, 0.1) is 5.92 Å². The number of hydrogen-bond donors (Lipinski definition) is 0. The standard InChI is InChI=1S/C15H25N3O2/c1-3-18-11-13(9-16-18)10-17-6-4-5-14(12-17)15(2)19-7-8-20-15/h9,11,14H,3-8,10,12H2,1-2H3/t14-/m1/s1. The summed E-state index contributed by atoms with van der Waals surface area (Å²) in [5, 5.41) is 4.35. The smallest absolute Gasteiger partial charge is 0.169 e. The molecule has 112 valence electrons. The van der Waals surface area contributed by atoms with E-state index in [9.17, 15) is 0 Å². The normalized spacial score (nSPS) is 27.0. The molecule has 0 bridgehead atoms. The van der Waals surface area contributed by atoms with E-state index in [4.69, 9.17) is 9.47 Å². The largest absolute Gasteiger partial charge is 0.347 e. The summed E-state index contributed by atoms with van der Waals surface area (Å²) in [5.74, 6) is 0.103. The highest BCUT2D eigenvalue weighted by atomic mass is 16.7. The molecule has 0 saturated carbocycles. The Labute approximate surface area is 120 Å². The minimum Gasteiger partial charge on any atom is -0.347 e. The van der Waals surface area contributed by atoms with Crippen LogP contribution in [0.4, 0.5) is 0 Å². The molecule has 2 aliphatic heterocycles. The Morgan fingerprint density at radius 1 is 1.40 bits per heavy atom. The first kappa shape index (κ1) is 14.0. The van der Waals surface area contributed by atoms with Crippen LogP contribution in [0.25, 0.3) is 0 Å². The summed E-state index contributed by atoms with van der Waals surface area (Å²) in [6.45, 7) is 9.80. The Balaban J connectivity index is 1.60. The van der Waals surface area contributed by atoms with Gasteiger partial charge in [0.15, 0.2) is 5.79 Å². The van der Waals surface area contributed by atoms with Gasteiger partial charge in [-0.2, -0.15) is 5.10 Å². The van der Waals surface area contributed by atoms with Crippen LogP contribution in [0.2, 0.25) is 0 Å². The lowest BCUT2D eigenvalue weighted by atomic mass is 9.90. The molecule has 0 amide bonds. The van der Waals surface area contributed by atoms with Crippen LogP contribution in [0.15, 0.2) is 12.4 Å². The van der Waals surface area contributed by atoms with Crippen LogP contribution in [0.1, 0.15) is 32.3 Å². The van der Waals surface area contributed by atoms with E-state index in [1.165, 1.54) is 18.4 Å². The van der Waals surface area contributed by atoms with Crippen molar-refractivity contribution >= 4 is 0 Å². The Bertz CT molecular complexity index is 440. The summed E-state index contributed by atoms with van der Waals surface area (Å²) in [6.07, 6.45) is 6.54. The van der Waals surface area contributed by atoms with Gasteiger partial charge in [-0.25, -0.2) is 0 Å². The molecule has 20 heavy (non-hydrogen) atoms. The van der Waals surface area contributed by atoms with E-state index in [0.717, 1.165) is 39.4 Å². The molecule has 1 atom stereocenters. The monoisotopic (exact) mass is 279 g/mol. The molecule has 0 aromatic carbocycles. The summed E-state index contributed by atoms with van der Waals surface area (Å²) in [4.78, 5) is 2.50. The van der Waals surface area contributed by atoms with Crippen molar-refractivity contribution in [3.05, 3.63) is 18.0 Å². The van der Waals surface area contributed by atoms with E-state index in [-0.39, 0.29) is 5.79 Å². The molecule has 0 radical (unpaired) electrons. The van der Waals surface area contributed by atoms with Gasteiger partial charge in [0, 0.05) is 37.3 Å². The summed E-state index contributed by atoms with van der Waals surface area (Å²) in [6, 6.07) is 0. The fourth-order valence-electron chi connectivity index (χ4n) is 3.31. The van der Waals surface area contributed by atoms with Crippen molar-refractivity contribution in [2.45, 2.75) is 45.6 Å². The fourth-order valence-corrected chi connectivity index (χ4v) is 3.31. The topological polar surface area (TPSA) is 39.5 Å². The van der Waals surface area contributed by atoms with E-state index < -0.39 is 0 Å². The minimum atomic E-state index is -0.369. The van der Waals surface area contributed by atoms with E-state index >= 15 is 0 Å². The van der Waals surface area contributed by atoms with Gasteiger partial charge in [0.05, 0.1) is 19.4 Å². The molecular formula is C15H25N3O2. The quantitative estimate of drug-likeness (QED) is 0.843. The van der Waals surface area contributed by atoms with Crippen molar-refractivity contribution in [3.63, 3.8) is 0 Å². The van der Waals surface area contributed by atoms with Gasteiger partial charge in [-0.1, -0.05) is 0 Å². The first-order valence-corrected chi connectivity index (χ1v) is 7.71. The van der Waals surface area contributed by atoms with Crippen molar-refractivity contribution in [1.82, 2.24) is 14.7 Å². The molecule has 1 aromatic heterocycles.